The normalized spacial score (nSPS) is 10.7. The molecule has 0 aliphatic heterocycles. The minimum absolute atomic E-state index is 1.04. The van der Waals surface area contributed by atoms with Gasteiger partial charge in [-0.3, -0.25) is 0 Å². The van der Waals surface area contributed by atoms with E-state index in [0.717, 1.165) is 14.5 Å². The average Bonchev–Trinajstić information content (AvgIpc) is 2.45. The summed E-state index contributed by atoms with van der Waals surface area (Å²) in [6, 6.07) is 3.90. The molecule has 2 nitrogen and oxygen atoms in total. The molecule has 0 saturated heterocycles. The van der Waals surface area contributed by atoms with Crippen molar-refractivity contribution >= 4 is 37.4 Å². The summed E-state index contributed by atoms with van der Waals surface area (Å²) >= 11 is 6.87. The van der Waals surface area contributed by atoms with Crippen LogP contribution in [-0.4, -0.2) is 9.61 Å². The molecule has 11 heavy (non-hydrogen) atoms. The van der Waals surface area contributed by atoms with Gasteiger partial charge in [-0.05, 0) is 44.0 Å². The monoisotopic (exact) mass is 274 g/mol. The van der Waals surface area contributed by atoms with Gasteiger partial charge in [-0.2, -0.15) is 5.10 Å². The molecule has 4 heteroatoms. The molecule has 0 N–H and O–H groups in total. The fraction of sp³-hybridized carbons (Fsp3) is 0. The van der Waals surface area contributed by atoms with Crippen LogP contribution in [0.2, 0.25) is 0 Å². The molecule has 0 saturated carbocycles. The van der Waals surface area contributed by atoms with Gasteiger partial charge in [0.2, 0.25) is 0 Å². The van der Waals surface area contributed by atoms with Crippen molar-refractivity contribution in [2.45, 2.75) is 0 Å². The molecule has 0 radical (unpaired) electrons. The molecule has 56 valence electrons. The summed E-state index contributed by atoms with van der Waals surface area (Å²) in [4.78, 5) is 0. The molecule has 2 aromatic heterocycles. The van der Waals surface area contributed by atoms with Gasteiger partial charge in [0.15, 0.2) is 0 Å². The molecule has 0 amide bonds. The highest BCUT2D eigenvalue weighted by Crippen LogP contribution is 2.26. The molecule has 0 fully saturated rings. The summed E-state index contributed by atoms with van der Waals surface area (Å²) < 4.78 is 3.90. The van der Waals surface area contributed by atoms with E-state index in [1.807, 2.05) is 22.8 Å². The van der Waals surface area contributed by atoms with Gasteiger partial charge in [0.1, 0.15) is 0 Å². The van der Waals surface area contributed by atoms with Crippen LogP contribution in [0, 0.1) is 0 Å². The van der Waals surface area contributed by atoms with Crippen LogP contribution in [0.5, 0.6) is 0 Å². The Morgan fingerprint density at radius 1 is 1.27 bits per heavy atom. The predicted molar refractivity (Wildman–Crippen MR) is 50.6 cm³/mol. The van der Waals surface area contributed by atoms with Crippen molar-refractivity contribution in [3.05, 3.63) is 33.5 Å². The number of aromatic nitrogens is 2. The molecule has 0 aliphatic carbocycles. The third kappa shape index (κ3) is 1.10. The Labute approximate surface area is 80.5 Å². The molecule has 0 aromatic carbocycles. The van der Waals surface area contributed by atoms with Crippen molar-refractivity contribution in [3.8, 4) is 0 Å². The van der Waals surface area contributed by atoms with E-state index in [1.165, 1.54) is 0 Å². The van der Waals surface area contributed by atoms with Crippen molar-refractivity contribution in [3.63, 3.8) is 0 Å². The maximum Gasteiger partial charge on any atom is 0.0814 e. The van der Waals surface area contributed by atoms with E-state index < -0.39 is 0 Å². The van der Waals surface area contributed by atoms with Gasteiger partial charge in [-0.15, -0.1) is 0 Å². The summed E-state index contributed by atoms with van der Waals surface area (Å²) in [6.07, 6.45) is 3.68. The van der Waals surface area contributed by atoms with Gasteiger partial charge in [-0.1, -0.05) is 0 Å². The third-order valence-electron chi connectivity index (χ3n) is 1.47. The standard InChI is InChI=1S/C7H4Br2N2/c8-5-2-4-11-6(7(5)9)1-3-10-11/h1-4H. The second-order valence-corrected chi connectivity index (χ2v) is 3.79. The predicted octanol–water partition coefficient (Wildman–Crippen LogP) is 2.86. The van der Waals surface area contributed by atoms with Gasteiger partial charge in [0.25, 0.3) is 0 Å². The van der Waals surface area contributed by atoms with Gasteiger partial charge in [0.05, 0.1) is 16.2 Å². The number of fused-ring (bicyclic) bond motifs is 1. The number of pyridine rings is 1. The molecule has 0 spiro atoms. The molecular weight excluding hydrogens is 272 g/mol. The van der Waals surface area contributed by atoms with Gasteiger partial charge in [0, 0.05) is 10.7 Å². The van der Waals surface area contributed by atoms with Gasteiger partial charge in [-0.25, -0.2) is 4.52 Å². The van der Waals surface area contributed by atoms with Crippen LogP contribution >= 0.6 is 31.9 Å². The molecule has 2 rings (SSSR count). The number of rotatable bonds is 0. The fourth-order valence-electron chi connectivity index (χ4n) is 0.938. The van der Waals surface area contributed by atoms with E-state index in [1.54, 1.807) is 6.20 Å². The molecule has 0 unspecified atom stereocenters. The molecule has 0 bridgehead atoms. The average molecular weight is 276 g/mol. The lowest BCUT2D eigenvalue weighted by atomic mass is 10.4. The second kappa shape index (κ2) is 2.60. The molecule has 0 aliphatic rings. The van der Waals surface area contributed by atoms with Crippen LogP contribution in [0.25, 0.3) is 5.52 Å². The Balaban J connectivity index is 2.93. The fourth-order valence-corrected chi connectivity index (χ4v) is 1.71. The summed E-state index contributed by atoms with van der Waals surface area (Å²) in [6.45, 7) is 0. The summed E-state index contributed by atoms with van der Waals surface area (Å²) in [5.41, 5.74) is 1.07. The Bertz CT molecular complexity index is 394. The highest BCUT2D eigenvalue weighted by Gasteiger charge is 2.01. The summed E-state index contributed by atoms with van der Waals surface area (Å²) in [5, 5.41) is 4.09. The third-order valence-corrected chi connectivity index (χ3v) is 3.49. The molecule has 2 heterocycles. The largest absolute Gasteiger partial charge is 0.240 e. The quantitative estimate of drug-likeness (QED) is 0.723. The van der Waals surface area contributed by atoms with Crippen molar-refractivity contribution < 1.29 is 0 Å². The van der Waals surface area contributed by atoms with E-state index in [-0.39, 0.29) is 0 Å². The van der Waals surface area contributed by atoms with Crippen molar-refractivity contribution in [1.82, 2.24) is 9.61 Å². The van der Waals surface area contributed by atoms with Crippen molar-refractivity contribution in [1.29, 1.82) is 0 Å². The topological polar surface area (TPSA) is 17.3 Å². The molecule has 2 aromatic rings. The van der Waals surface area contributed by atoms with E-state index >= 15 is 0 Å². The highest BCUT2D eigenvalue weighted by molar-refractivity contribution is 9.13. The first kappa shape index (κ1) is 7.31. The molecular formula is C7H4Br2N2. The first-order valence-electron chi connectivity index (χ1n) is 3.06. The van der Waals surface area contributed by atoms with Crippen LogP contribution < -0.4 is 0 Å². The zero-order valence-corrected chi connectivity index (χ0v) is 8.63. The number of hydrogen-bond donors (Lipinski definition) is 0. The second-order valence-electron chi connectivity index (χ2n) is 2.14. The Morgan fingerprint density at radius 3 is 2.91 bits per heavy atom. The number of halogens is 2. The zero-order valence-electron chi connectivity index (χ0n) is 5.46. The minimum atomic E-state index is 1.04. The van der Waals surface area contributed by atoms with E-state index in [9.17, 15) is 0 Å². The van der Waals surface area contributed by atoms with E-state index in [2.05, 4.69) is 37.0 Å². The number of nitrogens with zero attached hydrogens (tertiary/aromatic N) is 2. The van der Waals surface area contributed by atoms with Crippen LogP contribution in [0.1, 0.15) is 0 Å². The first-order chi connectivity index (χ1) is 5.29. The van der Waals surface area contributed by atoms with Crippen molar-refractivity contribution in [2.24, 2.45) is 0 Å². The summed E-state index contributed by atoms with van der Waals surface area (Å²) in [5.74, 6) is 0. The lowest BCUT2D eigenvalue weighted by Crippen LogP contribution is -1.85. The van der Waals surface area contributed by atoms with Crippen molar-refractivity contribution in [2.75, 3.05) is 0 Å². The Morgan fingerprint density at radius 2 is 2.09 bits per heavy atom. The van der Waals surface area contributed by atoms with Crippen LogP contribution in [0.15, 0.2) is 33.5 Å². The lowest BCUT2D eigenvalue weighted by molar-refractivity contribution is 0.956. The maximum absolute atomic E-state index is 4.09. The van der Waals surface area contributed by atoms with Crippen LogP contribution in [0.3, 0.4) is 0 Å². The lowest BCUT2D eigenvalue weighted by Gasteiger charge is -1.97. The maximum atomic E-state index is 4.09. The minimum Gasteiger partial charge on any atom is -0.240 e. The molecule has 0 atom stereocenters. The van der Waals surface area contributed by atoms with E-state index in [4.69, 9.17) is 0 Å². The van der Waals surface area contributed by atoms with Crippen LogP contribution in [-0.2, 0) is 0 Å². The zero-order chi connectivity index (χ0) is 7.84. The number of hydrogen-bond acceptors (Lipinski definition) is 1. The van der Waals surface area contributed by atoms with Crippen LogP contribution in [0.4, 0.5) is 0 Å². The Kier molecular flexibility index (Phi) is 1.73. The SMILES string of the molecule is Brc1ccn2nccc2c1Br. The van der Waals surface area contributed by atoms with Gasteiger partial charge >= 0.3 is 0 Å². The summed E-state index contributed by atoms with van der Waals surface area (Å²) in [7, 11) is 0. The first-order valence-corrected chi connectivity index (χ1v) is 4.65. The Hall–Kier alpha value is -0.350. The highest BCUT2D eigenvalue weighted by atomic mass is 79.9. The van der Waals surface area contributed by atoms with E-state index in [0.29, 0.717) is 0 Å². The smallest absolute Gasteiger partial charge is 0.0814 e. The van der Waals surface area contributed by atoms with Gasteiger partial charge < -0.3 is 0 Å².